The quantitative estimate of drug-likeness (QED) is 0.306. The van der Waals surface area contributed by atoms with E-state index in [2.05, 4.69) is 108 Å². The number of hydrogen-bond acceptors (Lipinski definition) is 2. The van der Waals surface area contributed by atoms with Crippen LogP contribution in [-0.4, -0.2) is 30.2 Å². The Kier molecular flexibility index (Phi) is 5.36. The zero-order chi connectivity index (χ0) is 22.1. The molecule has 0 fully saturated rings. The average molecular weight is 424 g/mol. The second-order valence-electron chi connectivity index (χ2n) is 8.11. The van der Waals surface area contributed by atoms with E-state index in [-0.39, 0.29) is 5.92 Å². The molecule has 2 N–H and O–H groups in total. The lowest BCUT2D eigenvalue weighted by molar-refractivity contribution is 0.409. The van der Waals surface area contributed by atoms with E-state index in [4.69, 9.17) is 4.74 Å². The third kappa shape index (κ3) is 3.32. The predicted octanol–water partition coefficient (Wildman–Crippen LogP) is 6.68. The minimum absolute atomic E-state index is 0.0306. The first kappa shape index (κ1) is 20.3. The van der Waals surface area contributed by atoms with E-state index in [0.717, 1.165) is 35.4 Å². The van der Waals surface area contributed by atoms with Gasteiger partial charge in [0.2, 0.25) is 0 Å². The molecule has 4 nitrogen and oxygen atoms in total. The van der Waals surface area contributed by atoms with Gasteiger partial charge in [-0.2, -0.15) is 0 Å². The largest absolute Gasteiger partial charge is 0.496 e. The summed E-state index contributed by atoms with van der Waals surface area (Å²) in [6, 6.07) is 23.6. The van der Waals surface area contributed by atoms with Crippen LogP contribution in [0.1, 0.15) is 36.5 Å². The number of aromatic nitrogens is 2. The van der Waals surface area contributed by atoms with Crippen molar-refractivity contribution in [1.82, 2.24) is 9.97 Å². The first-order valence-corrected chi connectivity index (χ1v) is 11.3. The zero-order valence-electron chi connectivity index (χ0n) is 18.9. The van der Waals surface area contributed by atoms with Gasteiger partial charge in [0.25, 0.3) is 0 Å². The summed E-state index contributed by atoms with van der Waals surface area (Å²) in [7, 11) is 1.77. The lowest BCUT2D eigenvalue weighted by atomic mass is 9.84. The molecule has 0 spiro atoms. The van der Waals surface area contributed by atoms with Gasteiger partial charge >= 0.3 is 0 Å². The molecule has 5 aromatic rings. The van der Waals surface area contributed by atoms with Crippen molar-refractivity contribution in [2.75, 3.05) is 25.1 Å². The van der Waals surface area contributed by atoms with Gasteiger partial charge in [0.15, 0.2) is 0 Å². The molecule has 0 radical (unpaired) electrons. The molecule has 0 aliphatic rings. The maximum Gasteiger partial charge on any atom is 0.125 e. The average Bonchev–Trinajstić information content (AvgIpc) is 3.46. The molecular formula is C28H29N3O. The van der Waals surface area contributed by atoms with Gasteiger partial charge in [0.1, 0.15) is 5.75 Å². The summed E-state index contributed by atoms with van der Waals surface area (Å²) in [6.45, 7) is 6.30. The molecule has 0 bridgehead atoms. The Morgan fingerprint density at radius 2 is 1.31 bits per heavy atom. The Labute approximate surface area is 188 Å². The van der Waals surface area contributed by atoms with Crippen LogP contribution >= 0.6 is 0 Å². The van der Waals surface area contributed by atoms with Crippen LogP contribution in [0.25, 0.3) is 21.8 Å². The van der Waals surface area contributed by atoms with Gasteiger partial charge in [-0.15, -0.1) is 0 Å². The summed E-state index contributed by atoms with van der Waals surface area (Å²) in [6.07, 6.45) is 4.30. The molecule has 0 aliphatic heterocycles. The Bertz CT molecular complexity index is 1290. The normalized spacial score (nSPS) is 11.5. The van der Waals surface area contributed by atoms with E-state index in [1.54, 1.807) is 7.11 Å². The molecule has 32 heavy (non-hydrogen) atoms. The Morgan fingerprint density at radius 1 is 0.750 bits per heavy atom. The molecule has 0 unspecified atom stereocenters. The van der Waals surface area contributed by atoms with Crippen molar-refractivity contribution in [3.8, 4) is 5.75 Å². The van der Waals surface area contributed by atoms with Crippen molar-refractivity contribution in [3.63, 3.8) is 0 Å². The third-order valence-electron chi connectivity index (χ3n) is 6.52. The molecule has 0 amide bonds. The summed E-state index contributed by atoms with van der Waals surface area (Å²) in [4.78, 5) is 9.29. The van der Waals surface area contributed by atoms with Gasteiger partial charge in [-0.05, 0) is 43.2 Å². The molecule has 0 saturated carbocycles. The standard InChI is InChI=1S/C28H29N3O/c1-4-31(5-2)19-14-15-22(27(16-19)32-3)28(23-17-29-25-12-8-6-10-20(23)25)24-18-30-26-13-9-7-11-21(24)26/h6-18,28-30H,4-5H2,1-3H3. The number of para-hydroxylation sites is 2. The highest BCUT2D eigenvalue weighted by molar-refractivity contribution is 5.89. The van der Waals surface area contributed by atoms with Crippen LogP contribution in [0, 0.1) is 0 Å². The van der Waals surface area contributed by atoms with Crippen LogP contribution in [0.2, 0.25) is 0 Å². The van der Waals surface area contributed by atoms with Crippen LogP contribution in [-0.2, 0) is 0 Å². The van der Waals surface area contributed by atoms with Crippen LogP contribution < -0.4 is 9.64 Å². The Balaban J connectivity index is 1.76. The highest BCUT2D eigenvalue weighted by Crippen LogP contribution is 2.43. The molecule has 0 aliphatic carbocycles. The summed E-state index contributed by atoms with van der Waals surface area (Å²) in [5, 5.41) is 2.47. The van der Waals surface area contributed by atoms with E-state index in [9.17, 15) is 0 Å². The van der Waals surface area contributed by atoms with Crippen molar-refractivity contribution in [3.05, 3.63) is 95.8 Å². The van der Waals surface area contributed by atoms with Crippen LogP contribution in [0.3, 0.4) is 0 Å². The van der Waals surface area contributed by atoms with Crippen molar-refractivity contribution in [2.24, 2.45) is 0 Å². The molecule has 3 aromatic carbocycles. The topological polar surface area (TPSA) is 44.0 Å². The molecule has 5 rings (SSSR count). The fourth-order valence-electron chi connectivity index (χ4n) is 4.89. The maximum atomic E-state index is 5.98. The fraction of sp³-hybridized carbons (Fsp3) is 0.214. The zero-order valence-corrected chi connectivity index (χ0v) is 18.9. The monoisotopic (exact) mass is 423 g/mol. The SMILES string of the molecule is CCN(CC)c1ccc(C(c2c[nH]c3ccccc23)c2c[nH]c3ccccc23)c(OC)c1. The number of rotatable bonds is 7. The van der Waals surface area contributed by atoms with E-state index >= 15 is 0 Å². The summed E-state index contributed by atoms with van der Waals surface area (Å²) in [5.41, 5.74) is 7.14. The lowest BCUT2D eigenvalue weighted by Gasteiger charge is -2.25. The number of nitrogens with zero attached hydrogens (tertiary/aromatic N) is 1. The molecule has 2 heterocycles. The van der Waals surface area contributed by atoms with Crippen molar-refractivity contribution < 1.29 is 4.74 Å². The van der Waals surface area contributed by atoms with Gasteiger partial charge in [-0.25, -0.2) is 0 Å². The summed E-state index contributed by atoms with van der Waals surface area (Å²) >= 11 is 0. The number of aromatic amines is 2. The van der Waals surface area contributed by atoms with Crippen molar-refractivity contribution in [1.29, 1.82) is 0 Å². The fourth-order valence-corrected chi connectivity index (χ4v) is 4.89. The van der Waals surface area contributed by atoms with Crippen molar-refractivity contribution in [2.45, 2.75) is 19.8 Å². The minimum Gasteiger partial charge on any atom is -0.496 e. The molecule has 0 saturated heterocycles. The van der Waals surface area contributed by atoms with Gasteiger partial charge in [0, 0.05) is 70.5 Å². The number of hydrogen-bond donors (Lipinski definition) is 2. The van der Waals surface area contributed by atoms with E-state index < -0.39 is 0 Å². The number of fused-ring (bicyclic) bond motifs is 2. The Hall–Kier alpha value is -3.66. The highest BCUT2D eigenvalue weighted by atomic mass is 16.5. The first-order chi connectivity index (χ1) is 15.7. The lowest BCUT2D eigenvalue weighted by Crippen LogP contribution is -2.21. The van der Waals surface area contributed by atoms with Crippen LogP contribution in [0.15, 0.2) is 79.1 Å². The van der Waals surface area contributed by atoms with E-state index in [0.29, 0.717) is 0 Å². The molecule has 162 valence electrons. The van der Waals surface area contributed by atoms with Gasteiger partial charge < -0.3 is 19.6 Å². The highest BCUT2D eigenvalue weighted by Gasteiger charge is 2.26. The number of methoxy groups -OCH3 is 1. The smallest absolute Gasteiger partial charge is 0.125 e. The van der Waals surface area contributed by atoms with Gasteiger partial charge in [-0.3, -0.25) is 0 Å². The number of benzene rings is 3. The number of H-pyrrole nitrogens is 2. The Morgan fingerprint density at radius 3 is 1.84 bits per heavy atom. The molecule has 2 aromatic heterocycles. The van der Waals surface area contributed by atoms with Crippen LogP contribution in [0.4, 0.5) is 5.69 Å². The summed E-state index contributed by atoms with van der Waals surface area (Å²) < 4.78 is 5.98. The number of nitrogens with one attached hydrogen (secondary N) is 2. The predicted molar refractivity (Wildman–Crippen MR) is 134 cm³/mol. The van der Waals surface area contributed by atoms with E-state index in [1.165, 1.54) is 27.6 Å². The van der Waals surface area contributed by atoms with Gasteiger partial charge in [0.05, 0.1) is 7.11 Å². The maximum absolute atomic E-state index is 5.98. The minimum atomic E-state index is 0.0306. The second-order valence-corrected chi connectivity index (χ2v) is 8.11. The first-order valence-electron chi connectivity index (χ1n) is 11.3. The molecule has 4 heteroatoms. The number of ether oxygens (including phenoxy) is 1. The van der Waals surface area contributed by atoms with Crippen molar-refractivity contribution >= 4 is 27.5 Å². The van der Waals surface area contributed by atoms with E-state index in [1.807, 2.05) is 0 Å². The van der Waals surface area contributed by atoms with Crippen LogP contribution in [0.5, 0.6) is 5.75 Å². The molecule has 0 atom stereocenters. The number of anilines is 1. The van der Waals surface area contributed by atoms with Gasteiger partial charge in [-0.1, -0.05) is 42.5 Å². The second kappa shape index (κ2) is 8.46. The third-order valence-corrected chi connectivity index (χ3v) is 6.52. The summed E-state index contributed by atoms with van der Waals surface area (Å²) in [5.74, 6) is 0.943. The molecular weight excluding hydrogens is 394 g/mol.